The number of nitrogens with one attached hydrogen (secondary N) is 1. The molecule has 0 saturated heterocycles. The van der Waals surface area contributed by atoms with Crippen LogP contribution in [0, 0.1) is 0 Å². The summed E-state index contributed by atoms with van der Waals surface area (Å²) >= 11 is 0. The minimum absolute atomic E-state index is 0.0827. The predicted octanol–water partition coefficient (Wildman–Crippen LogP) is 2.66. The molecule has 1 atom stereocenters. The molecule has 1 aromatic heterocycles. The van der Waals surface area contributed by atoms with Crippen molar-refractivity contribution in [1.29, 1.82) is 0 Å². The SMILES string of the molecule is CCC(=O)Nc1cccc(OCC(=O)N(C)C(COC)c2ccccn2)c1. The van der Waals surface area contributed by atoms with Crippen LogP contribution in [0.15, 0.2) is 48.7 Å². The van der Waals surface area contributed by atoms with Gasteiger partial charge in [0.05, 0.1) is 18.3 Å². The molecule has 2 rings (SSSR count). The van der Waals surface area contributed by atoms with E-state index in [9.17, 15) is 9.59 Å². The maximum Gasteiger partial charge on any atom is 0.260 e. The number of rotatable bonds is 9. The summed E-state index contributed by atoms with van der Waals surface area (Å²) in [7, 11) is 3.28. The molecule has 2 aromatic rings. The summed E-state index contributed by atoms with van der Waals surface area (Å²) in [5.41, 5.74) is 1.38. The number of benzene rings is 1. The molecule has 0 radical (unpaired) electrons. The molecule has 1 heterocycles. The normalized spacial score (nSPS) is 11.5. The number of ether oxygens (including phenoxy) is 2. The Labute approximate surface area is 159 Å². The lowest BCUT2D eigenvalue weighted by molar-refractivity contribution is -0.135. The van der Waals surface area contributed by atoms with Crippen molar-refractivity contribution in [1.82, 2.24) is 9.88 Å². The highest BCUT2D eigenvalue weighted by molar-refractivity contribution is 5.90. The lowest BCUT2D eigenvalue weighted by atomic mass is 10.1. The lowest BCUT2D eigenvalue weighted by Gasteiger charge is -2.27. The highest BCUT2D eigenvalue weighted by Crippen LogP contribution is 2.20. The van der Waals surface area contributed by atoms with E-state index in [0.717, 1.165) is 5.69 Å². The fourth-order valence-corrected chi connectivity index (χ4v) is 2.46. The van der Waals surface area contributed by atoms with Crippen LogP contribution in [0.2, 0.25) is 0 Å². The molecular formula is C20H25N3O4. The van der Waals surface area contributed by atoms with E-state index in [1.165, 1.54) is 0 Å². The summed E-state index contributed by atoms with van der Waals surface area (Å²) < 4.78 is 10.8. The van der Waals surface area contributed by atoms with Crippen LogP contribution >= 0.6 is 0 Å². The third-order valence-corrected chi connectivity index (χ3v) is 4.02. The molecule has 0 aliphatic carbocycles. The van der Waals surface area contributed by atoms with E-state index in [-0.39, 0.29) is 24.5 Å². The summed E-state index contributed by atoms with van der Waals surface area (Å²) in [5.74, 6) is 0.221. The Hall–Kier alpha value is -2.93. The Balaban J connectivity index is 1.99. The molecule has 7 nitrogen and oxygen atoms in total. The maximum absolute atomic E-state index is 12.6. The number of carbonyl (C=O) groups is 2. The number of amides is 2. The first-order valence-corrected chi connectivity index (χ1v) is 8.73. The molecule has 1 unspecified atom stereocenters. The van der Waals surface area contributed by atoms with Crippen LogP contribution in [-0.4, -0.2) is 49.1 Å². The zero-order valence-electron chi connectivity index (χ0n) is 15.8. The van der Waals surface area contributed by atoms with Crippen molar-refractivity contribution in [2.24, 2.45) is 0 Å². The molecule has 2 amide bonds. The molecule has 0 fully saturated rings. The lowest BCUT2D eigenvalue weighted by Crippen LogP contribution is -2.37. The van der Waals surface area contributed by atoms with Crippen molar-refractivity contribution in [2.45, 2.75) is 19.4 Å². The minimum Gasteiger partial charge on any atom is -0.484 e. The van der Waals surface area contributed by atoms with Gasteiger partial charge in [0, 0.05) is 38.5 Å². The van der Waals surface area contributed by atoms with E-state index < -0.39 is 0 Å². The Morgan fingerprint density at radius 2 is 2.04 bits per heavy atom. The molecule has 27 heavy (non-hydrogen) atoms. The third kappa shape index (κ3) is 6.07. The fourth-order valence-electron chi connectivity index (χ4n) is 2.46. The van der Waals surface area contributed by atoms with Crippen LogP contribution in [-0.2, 0) is 14.3 Å². The molecule has 144 valence electrons. The van der Waals surface area contributed by atoms with Crippen molar-refractivity contribution in [3.63, 3.8) is 0 Å². The van der Waals surface area contributed by atoms with Crippen LogP contribution in [0.5, 0.6) is 5.75 Å². The minimum atomic E-state index is -0.303. The van der Waals surface area contributed by atoms with Crippen molar-refractivity contribution in [2.75, 3.05) is 32.7 Å². The number of hydrogen-bond donors (Lipinski definition) is 1. The van der Waals surface area contributed by atoms with Crippen molar-refractivity contribution in [3.05, 3.63) is 54.4 Å². The second-order valence-electron chi connectivity index (χ2n) is 5.95. The number of pyridine rings is 1. The van der Waals surface area contributed by atoms with Crippen LogP contribution in [0.3, 0.4) is 0 Å². The standard InChI is InChI=1S/C20H25N3O4/c1-4-19(24)22-15-8-7-9-16(12-15)27-14-20(25)23(2)18(13-26-3)17-10-5-6-11-21-17/h5-12,18H,4,13-14H2,1-3H3,(H,22,24). The first-order chi connectivity index (χ1) is 13.0. The number of nitrogens with zero attached hydrogens (tertiary/aromatic N) is 2. The van der Waals surface area contributed by atoms with E-state index in [1.54, 1.807) is 56.4 Å². The summed E-state index contributed by atoms with van der Waals surface area (Å²) in [6.07, 6.45) is 2.08. The Bertz CT molecular complexity index is 752. The summed E-state index contributed by atoms with van der Waals surface area (Å²) in [4.78, 5) is 29.9. The van der Waals surface area contributed by atoms with E-state index in [1.807, 2.05) is 18.2 Å². The number of carbonyl (C=O) groups excluding carboxylic acids is 2. The number of likely N-dealkylation sites (N-methyl/N-ethyl adjacent to an activating group) is 1. The number of aromatic nitrogens is 1. The fraction of sp³-hybridized carbons (Fsp3) is 0.350. The number of methoxy groups -OCH3 is 1. The van der Waals surface area contributed by atoms with Crippen LogP contribution in [0.4, 0.5) is 5.69 Å². The molecular weight excluding hydrogens is 346 g/mol. The monoisotopic (exact) mass is 371 g/mol. The molecule has 7 heteroatoms. The van der Waals surface area contributed by atoms with E-state index >= 15 is 0 Å². The molecule has 0 spiro atoms. The first kappa shape index (κ1) is 20.4. The van der Waals surface area contributed by atoms with Gasteiger partial charge in [-0.1, -0.05) is 19.1 Å². The van der Waals surface area contributed by atoms with Gasteiger partial charge < -0.3 is 19.7 Å². The van der Waals surface area contributed by atoms with Crippen molar-refractivity contribution in [3.8, 4) is 5.75 Å². The summed E-state index contributed by atoms with van der Waals surface area (Å²) in [6.45, 7) is 1.98. The van der Waals surface area contributed by atoms with Crippen LogP contribution in [0.1, 0.15) is 25.1 Å². The smallest absolute Gasteiger partial charge is 0.260 e. The van der Waals surface area contributed by atoms with Gasteiger partial charge in [-0.25, -0.2) is 0 Å². The van der Waals surface area contributed by atoms with Gasteiger partial charge in [-0.05, 0) is 24.3 Å². The third-order valence-electron chi connectivity index (χ3n) is 4.02. The van der Waals surface area contributed by atoms with Crippen molar-refractivity contribution >= 4 is 17.5 Å². The molecule has 1 N–H and O–H groups in total. The Morgan fingerprint density at radius 1 is 1.22 bits per heavy atom. The summed E-state index contributed by atoms with van der Waals surface area (Å²) in [6, 6.07) is 12.2. The maximum atomic E-state index is 12.6. The molecule has 0 bridgehead atoms. The van der Waals surface area contributed by atoms with E-state index in [0.29, 0.717) is 24.5 Å². The molecule has 1 aromatic carbocycles. The topological polar surface area (TPSA) is 80.8 Å². The number of hydrogen-bond acceptors (Lipinski definition) is 5. The summed E-state index contributed by atoms with van der Waals surface area (Å²) in [5, 5.41) is 2.76. The Kier molecular flexibility index (Phi) is 7.76. The van der Waals surface area contributed by atoms with Gasteiger partial charge in [0.1, 0.15) is 5.75 Å². The van der Waals surface area contributed by atoms with Crippen LogP contribution < -0.4 is 10.1 Å². The van der Waals surface area contributed by atoms with Gasteiger partial charge in [-0.2, -0.15) is 0 Å². The molecule has 0 saturated carbocycles. The second-order valence-corrected chi connectivity index (χ2v) is 5.95. The van der Waals surface area contributed by atoms with E-state index in [4.69, 9.17) is 9.47 Å². The zero-order valence-corrected chi connectivity index (χ0v) is 15.8. The molecule has 0 aliphatic rings. The van der Waals surface area contributed by atoms with Gasteiger partial charge in [0.2, 0.25) is 5.91 Å². The van der Waals surface area contributed by atoms with Gasteiger partial charge in [0.15, 0.2) is 6.61 Å². The van der Waals surface area contributed by atoms with Crippen molar-refractivity contribution < 1.29 is 19.1 Å². The number of anilines is 1. The average Bonchev–Trinajstić information content (AvgIpc) is 2.70. The van der Waals surface area contributed by atoms with Gasteiger partial charge >= 0.3 is 0 Å². The first-order valence-electron chi connectivity index (χ1n) is 8.73. The highest BCUT2D eigenvalue weighted by Gasteiger charge is 2.23. The van der Waals surface area contributed by atoms with Gasteiger partial charge in [0.25, 0.3) is 5.91 Å². The van der Waals surface area contributed by atoms with Gasteiger partial charge in [-0.15, -0.1) is 0 Å². The molecule has 0 aliphatic heterocycles. The average molecular weight is 371 g/mol. The van der Waals surface area contributed by atoms with E-state index in [2.05, 4.69) is 10.3 Å². The quantitative estimate of drug-likeness (QED) is 0.733. The highest BCUT2D eigenvalue weighted by atomic mass is 16.5. The largest absolute Gasteiger partial charge is 0.484 e. The predicted molar refractivity (Wildman–Crippen MR) is 102 cm³/mol. The Morgan fingerprint density at radius 3 is 2.70 bits per heavy atom. The van der Waals surface area contributed by atoms with Gasteiger partial charge in [-0.3, -0.25) is 14.6 Å². The zero-order chi connectivity index (χ0) is 19.6. The second kappa shape index (κ2) is 10.3. The van der Waals surface area contributed by atoms with Crippen LogP contribution in [0.25, 0.3) is 0 Å².